The second kappa shape index (κ2) is 8.01. The number of fused-ring (bicyclic) bond motifs is 3. The van der Waals surface area contributed by atoms with E-state index < -0.39 is 29.5 Å². The quantitative estimate of drug-likeness (QED) is 0.478. The van der Waals surface area contributed by atoms with Crippen LogP contribution in [0.1, 0.15) is 64.0 Å². The standard InChI is InChI=1S/C21H26N4O5S/c1-11-10-30-16-9-24-8-12(18(26)19(27)17(24)21(29)25(11)16)20(28)22-7-15-23-13-5-3-2-4-6-14(13)31-15/h8,11,16,20,22,27-28H,2-7,9-10H2,1H3/t11-,16+,20?/m0/s1. The number of aromatic hydroxyl groups is 1. The average molecular weight is 447 g/mol. The fraction of sp³-hybridized carbons (Fsp3) is 0.571. The van der Waals surface area contributed by atoms with Crippen LogP contribution in [0.4, 0.5) is 0 Å². The molecule has 1 unspecified atom stereocenters. The van der Waals surface area contributed by atoms with Crippen LogP contribution in [-0.4, -0.2) is 49.4 Å². The molecule has 31 heavy (non-hydrogen) atoms. The minimum absolute atomic E-state index is 0.00772. The Hall–Kier alpha value is -2.27. The summed E-state index contributed by atoms with van der Waals surface area (Å²) in [6.07, 6.45) is 5.29. The van der Waals surface area contributed by atoms with E-state index in [-0.39, 0.29) is 23.8 Å². The SMILES string of the molecule is C[C@H]1CO[C@@H]2Cn3cc(C(O)NCc4nc5c(s4)CCCCC5)c(=O)c(O)c3C(=O)N12. The van der Waals surface area contributed by atoms with Gasteiger partial charge in [-0.15, -0.1) is 11.3 Å². The molecule has 0 bridgehead atoms. The molecule has 2 aromatic rings. The highest BCUT2D eigenvalue weighted by Crippen LogP contribution is 2.30. The smallest absolute Gasteiger partial charge is 0.276 e. The molecular weight excluding hydrogens is 420 g/mol. The Morgan fingerprint density at radius 1 is 1.32 bits per heavy atom. The zero-order valence-electron chi connectivity index (χ0n) is 17.3. The first-order chi connectivity index (χ1) is 14.9. The number of pyridine rings is 1. The van der Waals surface area contributed by atoms with Crippen LogP contribution >= 0.6 is 11.3 Å². The number of aliphatic hydroxyl groups is 1. The van der Waals surface area contributed by atoms with E-state index in [2.05, 4.69) is 10.3 Å². The van der Waals surface area contributed by atoms with E-state index in [1.54, 1.807) is 16.2 Å². The van der Waals surface area contributed by atoms with E-state index in [0.717, 1.165) is 30.0 Å². The number of hydrogen-bond acceptors (Lipinski definition) is 8. The molecule has 2 aliphatic heterocycles. The molecule has 0 saturated carbocycles. The maximum atomic E-state index is 12.8. The van der Waals surface area contributed by atoms with Crippen molar-refractivity contribution in [2.75, 3.05) is 6.61 Å². The maximum Gasteiger partial charge on any atom is 0.276 e. The fourth-order valence-corrected chi connectivity index (χ4v) is 5.75. The van der Waals surface area contributed by atoms with Crippen molar-refractivity contribution >= 4 is 17.2 Å². The fourth-order valence-electron chi connectivity index (χ4n) is 4.64. The molecule has 2 aromatic heterocycles. The number of nitrogens with zero attached hydrogens (tertiary/aromatic N) is 3. The molecule has 0 aromatic carbocycles. The molecule has 5 rings (SSSR count). The normalized spacial score (nSPS) is 23.8. The number of amides is 1. The first-order valence-electron chi connectivity index (χ1n) is 10.7. The number of hydrogen-bond donors (Lipinski definition) is 3. The highest BCUT2D eigenvalue weighted by atomic mass is 32.1. The van der Waals surface area contributed by atoms with Crippen LogP contribution in [0.25, 0.3) is 0 Å². The molecule has 1 fully saturated rings. The zero-order chi connectivity index (χ0) is 21.7. The molecule has 1 saturated heterocycles. The summed E-state index contributed by atoms with van der Waals surface area (Å²) in [5, 5.41) is 24.9. The molecule has 9 nitrogen and oxygen atoms in total. The van der Waals surface area contributed by atoms with Gasteiger partial charge in [0.2, 0.25) is 5.43 Å². The molecule has 3 N–H and O–H groups in total. The lowest BCUT2D eigenvalue weighted by Gasteiger charge is -2.34. The van der Waals surface area contributed by atoms with Gasteiger partial charge in [-0.3, -0.25) is 14.9 Å². The average Bonchev–Trinajstić information content (AvgIpc) is 3.24. The monoisotopic (exact) mass is 446 g/mol. The first-order valence-corrected chi connectivity index (χ1v) is 11.5. The summed E-state index contributed by atoms with van der Waals surface area (Å²) >= 11 is 1.64. The van der Waals surface area contributed by atoms with Crippen molar-refractivity contribution in [3.05, 3.63) is 43.3 Å². The Morgan fingerprint density at radius 3 is 2.97 bits per heavy atom. The Bertz CT molecular complexity index is 1060. The third kappa shape index (κ3) is 3.57. The molecule has 0 radical (unpaired) electrons. The van der Waals surface area contributed by atoms with E-state index >= 15 is 0 Å². The summed E-state index contributed by atoms with van der Waals surface area (Å²) in [7, 11) is 0. The van der Waals surface area contributed by atoms with Gasteiger partial charge in [0, 0.05) is 11.1 Å². The van der Waals surface area contributed by atoms with Gasteiger partial charge in [0.1, 0.15) is 11.2 Å². The van der Waals surface area contributed by atoms with Gasteiger partial charge in [-0.05, 0) is 32.6 Å². The number of aromatic nitrogens is 2. The number of aliphatic hydroxyl groups excluding tert-OH is 1. The van der Waals surface area contributed by atoms with Crippen molar-refractivity contribution in [2.45, 2.75) is 70.6 Å². The second-order valence-corrected chi connectivity index (χ2v) is 9.60. The van der Waals surface area contributed by atoms with Gasteiger partial charge in [-0.2, -0.15) is 0 Å². The van der Waals surface area contributed by atoms with Crippen molar-refractivity contribution in [1.82, 2.24) is 19.8 Å². The van der Waals surface area contributed by atoms with Gasteiger partial charge in [-0.1, -0.05) is 6.42 Å². The van der Waals surface area contributed by atoms with E-state index in [1.807, 2.05) is 6.92 Å². The van der Waals surface area contributed by atoms with Crippen LogP contribution in [0.3, 0.4) is 0 Å². The van der Waals surface area contributed by atoms with Gasteiger partial charge in [0.15, 0.2) is 17.7 Å². The summed E-state index contributed by atoms with van der Waals surface area (Å²) in [5.74, 6) is -1.07. The molecule has 1 amide bonds. The lowest BCUT2D eigenvalue weighted by atomic mass is 10.1. The number of nitrogens with one attached hydrogen (secondary N) is 1. The first kappa shape index (κ1) is 20.6. The molecule has 166 valence electrons. The molecule has 3 atom stereocenters. The Labute approximate surface area is 183 Å². The van der Waals surface area contributed by atoms with E-state index in [4.69, 9.17) is 4.74 Å². The Kier molecular flexibility index (Phi) is 5.33. The summed E-state index contributed by atoms with van der Waals surface area (Å²) in [6, 6.07) is -0.124. The van der Waals surface area contributed by atoms with Crippen molar-refractivity contribution in [3.63, 3.8) is 0 Å². The lowest BCUT2D eigenvalue weighted by molar-refractivity contribution is 0.00600. The summed E-state index contributed by atoms with van der Waals surface area (Å²) in [5.41, 5.74) is 0.333. The molecule has 1 aliphatic carbocycles. The third-order valence-electron chi connectivity index (χ3n) is 6.27. The number of ether oxygens (including phenoxy) is 1. The van der Waals surface area contributed by atoms with Gasteiger partial charge in [0.25, 0.3) is 5.91 Å². The van der Waals surface area contributed by atoms with E-state index in [9.17, 15) is 19.8 Å². The summed E-state index contributed by atoms with van der Waals surface area (Å²) in [6.45, 7) is 2.88. The van der Waals surface area contributed by atoms with Gasteiger partial charge in [0.05, 0.1) is 37.0 Å². The molecule has 3 aliphatic rings. The van der Waals surface area contributed by atoms with Gasteiger partial charge >= 0.3 is 0 Å². The molecule has 0 spiro atoms. The number of aryl methyl sites for hydroxylation is 2. The zero-order valence-corrected chi connectivity index (χ0v) is 18.2. The third-order valence-corrected chi connectivity index (χ3v) is 7.43. The largest absolute Gasteiger partial charge is 0.503 e. The van der Waals surface area contributed by atoms with E-state index in [0.29, 0.717) is 13.2 Å². The van der Waals surface area contributed by atoms with Gasteiger partial charge in [-0.25, -0.2) is 4.98 Å². The number of rotatable bonds is 4. The van der Waals surface area contributed by atoms with Crippen LogP contribution in [-0.2, 0) is 30.7 Å². The topological polar surface area (TPSA) is 117 Å². The van der Waals surface area contributed by atoms with Crippen LogP contribution in [0.5, 0.6) is 5.75 Å². The molecule has 4 heterocycles. The lowest BCUT2D eigenvalue weighted by Crippen LogP contribution is -2.48. The van der Waals surface area contributed by atoms with Crippen molar-refractivity contribution < 1.29 is 19.7 Å². The summed E-state index contributed by atoms with van der Waals surface area (Å²) < 4.78 is 7.16. The van der Waals surface area contributed by atoms with Crippen molar-refractivity contribution in [1.29, 1.82) is 0 Å². The summed E-state index contributed by atoms with van der Waals surface area (Å²) in [4.78, 5) is 33.1. The second-order valence-electron chi connectivity index (χ2n) is 8.43. The minimum Gasteiger partial charge on any atom is -0.503 e. The predicted octanol–water partition coefficient (Wildman–Crippen LogP) is 1.26. The Morgan fingerprint density at radius 2 is 2.13 bits per heavy atom. The Balaban J connectivity index is 1.37. The van der Waals surface area contributed by atoms with Crippen LogP contribution in [0.2, 0.25) is 0 Å². The van der Waals surface area contributed by atoms with Crippen LogP contribution in [0.15, 0.2) is 11.0 Å². The van der Waals surface area contributed by atoms with Crippen LogP contribution < -0.4 is 10.7 Å². The highest BCUT2D eigenvalue weighted by molar-refractivity contribution is 7.11. The maximum absolute atomic E-state index is 12.8. The molecular formula is C21H26N4O5S. The number of carbonyl (C=O) groups is 1. The van der Waals surface area contributed by atoms with Crippen molar-refractivity contribution in [2.24, 2.45) is 0 Å². The van der Waals surface area contributed by atoms with Crippen molar-refractivity contribution in [3.8, 4) is 5.75 Å². The number of thiazole rings is 1. The predicted molar refractivity (Wildman–Crippen MR) is 113 cm³/mol. The highest BCUT2D eigenvalue weighted by Gasteiger charge is 2.42. The van der Waals surface area contributed by atoms with Crippen LogP contribution in [0, 0.1) is 0 Å². The van der Waals surface area contributed by atoms with E-state index in [1.165, 1.54) is 28.5 Å². The number of carbonyl (C=O) groups excluding carboxylic acids is 1. The molecule has 10 heteroatoms. The minimum atomic E-state index is -1.29. The van der Waals surface area contributed by atoms with Gasteiger partial charge < -0.3 is 24.4 Å².